The molecule has 0 fully saturated rings. The van der Waals surface area contributed by atoms with Crippen LogP contribution in [0.2, 0.25) is 0 Å². The van der Waals surface area contributed by atoms with Crippen LogP contribution in [0.3, 0.4) is 0 Å². The maximum Gasteiger partial charge on any atom is 0.275 e. The molecule has 33 heavy (non-hydrogen) atoms. The standard InChI is InChI=1S/C26H29N5O2/c1-18(2)17-33-23-7-5-21(6-8-23)15-30(16-22-9-11-27-12-10-22)26(32)24-14-25-28-19(3)13-20(4)31(25)29-24/h5-14,18H,15-17H2,1-4H3. The normalized spacial score (nSPS) is 11.2. The fraction of sp³-hybridized carbons (Fsp3) is 0.308. The van der Waals surface area contributed by atoms with Crippen LogP contribution in [0.1, 0.15) is 46.9 Å². The number of pyridine rings is 1. The minimum atomic E-state index is -0.144. The SMILES string of the molecule is Cc1cc(C)n2nc(C(=O)N(Cc3ccncc3)Cc3ccc(OCC(C)C)cc3)cc2n1. The van der Waals surface area contributed by atoms with Gasteiger partial charge in [0.05, 0.1) is 6.61 Å². The van der Waals surface area contributed by atoms with Gasteiger partial charge in [-0.15, -0.1) is 0 Å². The number of benzene rings is 1. The maximum absolute atomic E-state index is 13.5. The Labute approximate surface area is 194 Å². The van der Waals surface area contributed by atoms with Gasteiger partial charge in [-0.3, -0.25) is 9.78 Å². The van der Waals surface area contributed by atoms with E-state index < -0.39 is 0 Å². The molecular formula is C26H29N5O2. The summed E-state index contributed by atoms with van der Waals surface area (Å²) >= 11 is 0. The summed E-state index contributed by atoms with van der Waals surface area (Å²) in [6.07, 6.45) is 3.47. The van der Waals surface area contributed by atoms with E-state index in [0.717, 1.165) is 28.3 Å². The van der Waals surface area contributed by atoms with Crippen molar-refractivity contribution < 1.29 is 9.53 Å². The third-order valence-electron chi connectivity index (χ3n) is 5.24. The fourth-order valence-electron chi connectivity index (χ4n) is 3.64. The first-order valence-corrected chi connectivity index (χ1v) is 11.1. The van der Waals surface area contributed by atoms with Crippen molar-refractivity contribution in [1.82, 2.24) is 24.5 Å². The molecule has 0 spiro atoms. The molecule has 0 aliphatic heterocycles. The number of aromatic nitrogens is 4. The van der Waals surface area contributed by atoms with Crippen LogP contribution < -0.4 is 4.74 Å². The molecule has 4 aromatic rings. The number of aryl methyl sites for hydroxylation is 2. The van der Waals surface area contributed by atoms with Gasteiger partial charge in [0.2, 0.25) is 0 Å². The van der Waals surface area contributed by atoms with Gasteiger partial charge in [0, 0.05) is 42.9 Å². The number of rotatable bonds is 8. The summed E-state index contributed by atoms with van der Waals surface area (Å²) in [5.74, 6) is 1.15. The van der Waals surface area contributed by atoms with E-state index in [1.165, 1.54) is 0 Å². The number of hydrogen-bond acceptors (Lipinski definition) is 5. The average molecular weight is 444 g/mol. The minimum Gasteiger partial charge on any atom is -0.493 e. The molecule has 1 aromatic carbocycles. The summed E-state index contributed by atoms with van der Waals surface area (Å²) in [5.41, 5.74) is 4.91. The predicted octanol–water partition coefficient (Wildman–Crippen LogP) is 4.62. The first-order valence-electron chi connectivity index (χ1n) is 11.1. The lowest BCUT2D eigenvalue weighted by molar-refractivity contribution is 0.0723. The highest BCUT2D eigenvalue weighted by molar-refractivity contribution is 5.93. The van der Waals surface area contributed by atoms with Gasteiger partial charge in [-0.2, -0.15) is 5.10 Å². The van der Waals surface area contributed by atoms with E-state index in [-0.39, 0.29) is 5.91 Å². The second-order valence-corrected chi connectivity index (χ2v) is 8.70. The topological polar surface area (TPSA) is 72.6 Å². The molecule has 0 atom stereocenters. The zero-order valence-electron chi connectivity index (χ0n) is 19.5. The molecule has 7 nitrogen and oxygen atoms in total. The third kappa shape index (κ3) is 5.55. The summed E-state index contributed by atoms with van der Waals surface area (Å²) in [5, 5.41) is 4.54. The molecule has 3 aromatic heterocycles. The maximum atomic E-state index is 13.5. The van der Waals surface area contributed by atoms with Gasteiger partial charge < -0.3 is 9.64 Å². The number of ether oxygens (including phenoxy) is 1. The molecule has 1 amide bonds. The lowest BCUT2D eigenvalue weighted by atomic mass is 10.1. The number of amides is 1. The smallest absolute Gasteiger partial charge is 0.275 e. The molecule has 0 aliphatic rings. The second-order valence-electron chi connectivity index (χ2n) is 8.70. The zero-order valence-corrected chi connectivity index (χ0v) is 19.5. The number of fused-ring (bicyclic) bond motifs is 1. The van der Waals surface area contributed by atoms with Gasteiger partial charge in [-0.05, 0) is 61.2 Å². The van der Waals surface area contributed by atoms with Crippen molar-refractivity contribution in [3.05, 3.63) is 89.1 Å². The molecule has 170 valence electrons. The van der Waals surface area contributed by atoms with Crippen LogP contribution in [-0.2, 0) is 13.1 Å². The summed E-state index contributed by atoms with van der Waals surface area (Å²) in [4.78, 5) is 23.9. The molecule has 3 heterocycles. The highest BCUT2D eigenvalue weighted by Crippen LogP contribution is 2.18. The Kier molecular flexibility index (Phi) is 6.68. The average Bonchev–Trinajstić information content (AvgIpc) is 3.23. The van der Waals surface area contributed by atoms with Crippen molar-refractivity contribution in [2.24, 2.45) is 5.92 Å². The van der Waals surface area contributed by atoms with Crippen molar-refractivity contribution in [3.8, 4) is 5.75 Å². The van der Waals surface area contributed by atoms with E-state index in [1.54, 1.807) is 27.9 Å². The van der Waals surface area contributed by atoms with Gasteiger partial charge in [-0.1, -0.05) is 26.0 Å². The predicted molar refractivity (Wildman–Crippen MR) is 127 cm³/mol. The van der Waals surface area contributed by atoms with Crippen molar-refractivity contribution in [2.45, 2.75) is 40.8 Å². The van der Waals surface area contributed by atoms with Gasteiger partial charge in [0.15, 0.2) is 11.3 Å². The van der Waals surface area contributed by atoms with Gasteiger partial charge >= 0.3 is 0 Å². The Morgan fingerprint density at radius 3 is 2.33 bits per heavy atom. The molecule has 0 saturated heterocycles. The first-order chi connectivity index (χ1) is 15.9. The fourth-order valence-corrected chi connectivity index (χ4v) is 3.64. The Hall–Kier alpha value is -3.74. The van der Waals surface area contributed by atoms with Crippen molar-refractivity contribution in [1.29, 1.82) is 0 Å². The van der Waals surface area contributed by atoms with Gasteiger partial charge in [0.1, 0.15) is 5.75 Å². The van der Waals surface area contributed by atoms with Crippen molar-refractivity contribution >= 4 is 11.6 Å². The monoisotopic (exact) mass is 443 g/mol. The number of carbonyl (C=O) groups excluding carboxylic acids is 1. The molecule has 0 aliphatic carbocycles. The van der Waals surface area contributed by atoms with Crippen LogP contribution in [0, 0.1) is 19.8 Å². The third-order valence-corrected chi connectivity index (χ3v) is 5.24. The Balaban J connectivity index is 1.59. The van der Waals surface area contributed by atoms with E-state index in [2.05, 4.69) is 28.9 Å². The lowest BCUT2D eigenvalue weighted by Crippen LogP contribution is -2.30. The summed E-state index contributed by atoms with van der Waals surface area (Å²) < 4.78 is 7.50. The highest BCUT2D eigenvalue weighted by Gasteiger charge is 2.21. The van der Waals surface area contributed by atoms with E-state index in [4.69, 9.17) is 4.74 Å². The zero-order chi connectivity index (χ0) is 23.4. The van der Waals surface area contributed by atoms with E-state index in [9.17, 15) is 4.79 Å². The summed E-state index contributed by atoms with van der Waals surface area (Å²) in [7, 11) is 0. The number of carbonyl (C=O) groups is 1. The van der Waals surface area contributed by atoms with E-state index >= 15 is 0 Å². The Morgan fingerprint density at radius 1 is 1.00 bits per heavy atom. The van der Waals surface area contributed by atoms with Gasteiger partial charge in [0.25, 0.3) is 5.91 Å². The molecular weight excluding hydrogens is 414 g/mol. The van der Waals surface area contributed by atoms with Crippen molar-refractivity contribution in [3.63, 3.8) is 0 Å². The molecule has 0 radical (unpaired) electrons. The Morgan fingerprint density at radius 2 is 1.67 bits per heavy atom. The highest BCUT2D eigenvalue weighted by atomic mass is 16.5. The number of nitrogens with zero attached hydrogens (tertiary/aromatic N) is 5. The minimum absolute atomic E-state index is 0.144. The summed E-state index contributed by atoms with van der Waals surface area (Å²) in [6.45, 7) is 9.71. The van der Waals surface area contributed by atoms with Crippen LogP contribution in [0.4, 0.5) is 0 Å². The van der Waals surface area contributed by atoms with Crippen LogP contribution in [0.15, 0.2) is 60.9 Å². The quantitative estimate of drug-likeness (QED) is 0.397. The molecule has 4 rings (SSSR count). The van der Waals surface area contributed by atoms with Crippen LogP contribution in [-0.4, -0.2) is 37.0 Å². The lowest BCUT2D eigenvalue weighted by Gasteiger charge is -2.22. The molecule has 0 unspecified atom stereocenters. The van der Waals surface area contributed by atoms with Crippen LogP contribution in [0.25, 0.3) is 5.65 Å². The largest absolute Gasteiger partial charge is 0.493 e. The van der Waals surface area contributed by atoms with Crippen LogP contribution in [0.5, 0.6) is 5.75 Å². The van der Waals surface area contributed by atoms with Gasteiger partial charge in [-0.25, -0.2) is 9.50 Å². The van der Waals surface area contributed by atoms with E-state index in [0.29, 0.717) is 37.0 Å². The molecule has 0 saturated carbocycles. The molecule has 7 heteroatoms. The molecule has 0 N–H and O–H groups in total. The van der Waals surface area contributed by atoms with E-state index in [1.807, 2.05) is 56.3 Å². The first kappa shape index (κ1) is 22.5. The second kappa shape index (κ2) is 9.81. The van der Waals surface area contributed by atoms with Crippen molar-refractivity contribution in [2.75, 3.05) is 6.61 Å². The number of hydrogen-bond donors (Lipinski definition) is 0. The Bertz CT molecular complexity index is 1230. The summed E-state index contributed by atoms with van der Waals surface area (Å²) in [6, 6.07) is 15.4. The molecule has 0 bridgehead atoms. The van der Waals surface area contributed by atoms with Crippen LogP contribution >= 0.6 is 0 Å².